The first-order valence-electron chi connectivity index (χ1n) is 4.32. The van der Waals surface area contributed by atoms with E-state index in [1.165, 1.54) is 0 Å². The van der Waals surface area contributed by atoms with Crippen molar-refractivity contribution < 1.29 is 0 Å². The normalized spacial score (nSPS) is 10.7. The third-order valence-corrected chi connectivity index (χ3v) is 1.97. The van der Waals surface area contributed by atoms with E-state index in [0.717, 1.165) is 11.0 Å². The van der Waals surface area contributed by atoms with Crippen molar-refractivity contribution in [3.63, 3.8) is 0 Å². The van der Waals surface area contributed by atoms with Crippen molar-refractivity contribution in [3.8, 4) is 11.5 Å². The summed E-state index contributed by atoms with van der Waals surface area (Å²) in [6, 6.07) is 7.56. The molecule has 0 fully saturated rings. The molecule has 0 spiro atoms. The van der Waals surface area contributed by atoms with E-state index in [0.29, 0.717) is 11.5 Å². The third kappa shape index (κ3) is 1.32. The lowest BCUT2D eigenvalue weighted by Gasteiger charge is -1.96. The van der Waals surface area contributed by atoms with Crippen LogP contribution in [0.1, 0.15) is 0 Å². The van der Waals surface area contributed by atoms with Gasteiger partial charge in [0.2, 0.25) is 0 Å². The lowest BCUT2D eigenvalue weighted by Crippen LogP contribution is -1.90. The fraction of sp³-hybridized carbons (Fsp3) is 0. The Hall–Kier alpha value is -2.37. The van der Waals surface area contributed by atoms with Gasteiger partial charge in [-0.25, -0.2) is 15.1 Å². The molecule has 2 heterocycles. The molecule has 0 saturated carbocycles. The number of nitrogens with zero attached hydrogens (tertiary/aromatic N) is 5. The zero-order valence-electron chi connectivity index (χ0n) is 7.55. The van der Waals surface area contributed by atoms with Crippen molar-refractivity contribution in [2.24, 2.45) is 0 Å². The average Bonchev–Trinajstić information content (AvgIpc) is 2.82. The molecule has 0 aliphatic carbocycles. The van der Waals surface area contributed by atoms with E-state index < -0.39 is 0 Å². The molecule has 3 aromatic rings. The van der Waals surface area contributed by atoms with Crippen LogP contribution in [0.4, 0.5) is 0 Å². The monoisotopic (exact) mass is 197 g/mol. The van der Waals surface area contributed by atoms with Gasteiger partial charge in [0.05, 0.1) is 11.0 Å². The Bertz CT molecular complexity index is 588. The van der Waals surface area contributed by atoms with Gasteiger partial charge in [-0.2, -0.15) is 0 Å². The van der Waals surface area contributed by atoms with E-state index in [1.807, 2.05) is 24.3 Å². The summed E-state index contributed by atoms with van der Waals surface area (Å²) < 4.78 is 0. The molecule has 0 aliphatic rings. The fourth-order valence-electron chi connectivity index (χ4n) is 1.28. The number of aromatic amines is 1. The summed E-state index contributed by atoms with van der Waals surface area (Å²) in [6.45, 7) is 0. The number of aromatic nitrogens is 6. The van der Waals surface area contributed by atoms with Crippen molar-refractivity contribution in [2.45, 2.75) is 0 Å². The fourth-order valence-corrected chi connectivity index (χ4v) is 1.28. The highest BCUT2D eigenvalue weighted by Crippen LogP contribution is 2.13. The number of tetrazole rings is 1. The van der Waals surface area contributed by atoms with Crippen molar-refractivity contribution in [1.29, 1.82) is 0 Å². The minimum Gasteiger partial charge on any atom is -0.242 e. The van der Waals surface area contributed by atoms with Gasteiger partial charge < -0.3 is 0 Å². The molecule has 0 amide bonds. The molecule has 6 heteroatoms. The first-order chi connectivity index (χ1) is 7.43. The van der Waals surface area contributed by atoms with Gasteiger partial charge >= 0.3 is 0 Å². The third-order valence-electron chi connectivity index (χ3n) is 1.97. The molecule has 15 heavy (non-hydrogen) atoms. The maximum Gasteiger partial charge on any atom is 0.200 e. The van der Waals surface area contributed by atoms with E-state index in [9.17, 15) is 0 Å². The Morgan fingerprint density at radius 1 is 1.13 bits per heavy atom. The Balaban J connectivity index is 2.22. The first-order valence-corrected chi connectivity index (χ1v) is 4.32. The van der Waals surface area contributed by atoms with Crippen LogP contribution in [0.5, 0.6) is 0 Å². The van der Waals surface area contributed by atoms with Gasteiger partial charge in [0, 0.05) is 0 Å². The van der Waals surface area contributed by atoms with Gasteiger partial charge in [-0.1, -0.05) is 12.1 Å². The number of benzene rings is 1. The lowest BCUT2D eigenvalue weighted by atomic mass is 10.3. The van der Waals surface area contributed by atoms with E-state index >= 15 is 0 Å². The minimum absolute atomic E-state index is 0.466. The number of fused-ring (bicyclic) bond motifs is 1. The first kappa shape index (κ1) is 7.98. The molecule has 0 aliphatic heterocycles. The highest BCUT2D eigenvalue weighted by Gasteiger charge is 2.05. The Morgan fingerprint density at radius 2 is 2.00 bits per heavy atom. The van der Waals surface area contributed by atoms with Crippen LogP contribution in [0, 0.1) is 6.20 Å². The van der Waals surface area contributed by atoms with Crippen molar-refractivity contribution in [3.05, 3.63) is 30.5 Å². The molecule has 3 rings (SSSR count). The van der Waals surface area contributed by atoms with Crippen LogP contribution in [0.25, 0.3) is 22.6 Å². The number of rotatable bonds is 1. The zero-order valence-corrected chi connectivity index (χ0v) is 7.55. The summed E-state index contributed by atoms with van der Waals surface area (Å²) in [7, 11) is 0. The quantitative estimate of drug-likeness (QED) is 0.618. The van der Waals surface area contributed by atoms with Gasteiger partial charge in [-0.15, -0.1) is 5.10 Å². The molecule has 71 valence electrons. The summed E-state index contributed by atoms with van der Waals surface area (Å²) in [5.41, 5.74) is 2.11. The van der Waals surface area contributed by atoms with Crippen LogP contribution in [-0.4, -0.2) is 30.6 Å². The van der Waals surface area contributed by atoms with Crippen LogP contribution in [0.3, 0.4) is 0 Å². The van der Waals surface area contributed by atoms with Gasteiger partial charge in [-0.3, -0.25) is 0 Å². The second-order valence-corrected chi connectivity index (χ2v) is 2.92. The highest BCUT2D eigenvalue weighted by molar-refractivity contribution is 5.75. The SMILES string of the molecule is [c]1nc2ccccc2nc1-c1nnn[nH]1. The van der Waals surface area contributed by atoms with Crippen LogP contribution in [0.2, 0.25) is 0 Å². The Kier molecular flexibility index (Phi) is 1.64. The summed E-state index contributed by atoms with van der Waals surface area (Å²) in [5, 5.41) is 13.3. The Labute approximate surface area is 84.4 Å². The van der Waals surface area contributed by atoms with Crippen molar-refractivity contribution >= 4 is 11.0 Å². The van der Waals surface area contributed by atoms with Crippen molar-refractivity contribution in [1.82, 2.24) is 30.6 Å². The molecule has 1 N–H and O–H groups in total. The van der Waals surface area contributed by atoms with E-state index in [-0.39, 0.29) is 0 Å². The molecule has 2 aromatic heterocycles. The summed E-state index contributed by atoms with van der Waals surface area (Å²) in [4.78, 5) is 8.46. The summed E-state index contributed by atoms with van der Waals surface area (Å²) in [6.07, 6.45) is 2.78. The molecular formula is C9H5N6. The number of hydrogen-bond acceptors (Lipinski definition) is 5. The second-order valence-electron chi connectivity index (χ2n) is 2.92. The number of H-pyrrole nitrogens is 1. The second kappa shape index (κ2) is 3.09. The lowest BCUT2D eigenvalue weighted by molar-refractivity contribution is 0.881. The molecule has 0 unspecified atom stereocenters. The molecular weight excluding hydrogens is 192 g/mol. The maximum atomic E-state index is 4.33. The number of nitrogens with one attached hydrogen (secondary N) is 1. The molecule has 1 radical (unpaired) electrons. The molecule has 0 saturated heterocycles. The van der Waals surface area contributed by atoms with Gasteiger partial charge in [0.1, 0.15) is 11.9 Å². The molecule has 6 nitrogen and oxygen atoms in total. The van der Waals surface area contributed by atoms with Gasteiger partial charge in [0.15, 0.2) is 5.82 Å². The highest BCUT2D eigenvalue weighted by atomic mass is 15.5. The van der Waals surface area contributed by atoms with E-state index in [4.69, 9.17) is 0 Å². The summed E-state index contributed by atoms with van der Waals surface area (Å²) >= 11 is 0. The zero-order chi connectivity index (χ0) is 10.1. The molecule has 0 bridgehead atoms. The van der Waals surface area contributed by atoms with Gasteiger partial charge in [-0.05, 0) is 22.6 Å². The Morgan fingerprint density at radius 3 is 2.80 bits per heavy atom. The minimum atomic E-state index is 0.466. The maximum absolute atomic E-state index is 4.33. The average molecular weight is 197 g/mol. The van der Waals surface area contributed by atoms with Crippen LogP contribution < -0.4 is 0 Å². The molecule has 1 aromatic carbocycles. The standard InChI is InChI=1S/C9H5N6/c1-2-4-7-6(3-1)10-5-8(11-7)9-12-14-15-13-9/h1-4H,(H,12,13,14,15). The van der Waals surface area contributed by atoms with Crippen LogP contribution in [-0.2, 0) is 0 Å². The smallest absolute Gasteiger partial charge is 0.200 e. The van der Waals surface area contributed by atoms with Gasteiger partial charge in [0.25, 0.3) is 0 Å². The summed E-state index contributed by atoms with van der Waals surface area (Å²) in [5.74, 6) is 0.466. The van der Waals surface area contributed by atoms with Crippen molar-refractivity contribution in [2.75, 3.05) is 0 Å². The topological polar surface area (TPSA) is 80.2 Å². The van der Waals surface area contributed by atoms with Crippen LogP contribution >= 0.6 is 0 Å². The number of hydrogen-bond donors (Lipinski definition) is 1. The van der Waals surface area contributed by atoms with E-state index in [2.05, 4.69) is 36.8 Å². The largest absolute Gasteiger partial charge is 0.242 e. The number of para-hydroxylation sites is 2. The van der Waals surface area contributed by atoms with E-state index in [1.54, 1.807) is 0 Å². The predicted molar refractivity (Wildman–Crippen MR) is 51.5 cm³/mol. The van der Waals surface area contributed by atoms with Crippen LogP contribution in [0.15, 0.2) is 24.3 Å². The molecule has 0 atom stereocenters. The predicted octanol–water partition coefficient (Wildman–Crippen LogP) is 0.610.